The lowest BCUT2D eigenvalue weighted by Crippen LogP contribution is -2.19. The van der Waals surface area contributed by atoms with E-state index in [2.05, 4.69) is 20.5 Å². The number of aryl methyl sites for hydroxylation is 1. The van der Waals surface area contributed by atoms with Crippen molar-refractivity contribution < 1.29 is 4.79 Å². The Morgan fingerprint density at radius 2 is 2.08 bits per heavy atom. The van der Waals surface area contributed by atoms with Crippen LogP contribution in [-0.2, 0) is 4.79 Å². The van der Waals surface area contributed by atoms with Gasteiger partial charge in [0, 0.05) is 11.8 Å². The van der Waals surface area contributed by atoms with E-state index in [1.165, 1.54) is 17.4 Å². The van der Waals surface area contributed by atoms with Crippen LogP contribution in [0.5, 0.6) is 0 Å². The number of nitrogens with two attached hydrogens (primary N) is 1. The van der Waals surface area contributed by atoms with Crippen LogP contribution in [0.15, 0.2) is 46.3 Å². The van der Waals surface area contributed by atoms with Gasteiger partial charge in [-0.05, 0) is 19.1 Å². The zero-order chi connectivity index (χ0) is 17.8. The molecule has 25 heavy (non-hydrogen) atoms. The predicted molar refractivity (Wildman–Crippen MR) is 98.2 cm³/mol. The van der Waals surface area contributed by atoms with E-state index in [1.54, 1.807) is 11.5 Å². The first kappa shape index (κ1) is 17.1. The minimum Gasteiger partial charge on any atom is -0.385 e. The van der Waals surface area contributed by atoms with Crippen molar-refractivity contribution in [1.82, 2.24) is 19.7 Å². The summed E-state index contributed by atoms with van der Waals surface area (Å²) in [6, 6.07) is 10.5. The van der Waals surface area contributed by atoms with Gasteiger partial charge in [0.15, 0.2) is 5.16 Å². The molecule has 0 saturated carbocycles. The second kappa shape index (κ2) is 7.45. The number of hydrogen-bond acceptors (Lipinski definition) is 8. The quantitative estimate of drug-likeness (QED) is 0.516. The Bertz CT molecular complexity index is 954. The molecule has 0 radical (unpaired) electrons. The highest BCUT2D eigenvalue weighted by molar-refractivity contribution is 7.99. The number of carbonyl (C=O) groups excluding carboxylic acids is 1. The predicted octanol–water partition coefficient (Wildman–Crippen LogP) is 1.71. The fourth-order valence-electron chi connectivity index (χ4n) is 2.04. The summed E-state index contributed by atoms with van der Waals surface area (Å²) >= 11 is 2.41. The molecule has 0 bridgehead atoms. The second-order valence-electron chi connectivity index (χ2n) is 4.94. The number of anilines is 2. The molecule has 3 aromatic rings. The van der Waals surface area contributed by atoms with E-state index in [0.29, 0.717) is 10.3 Å². The molecule has 0 spiro atoms. The van der Waals surface area contributed by atoms with Crippen LogP contribution in [0.25, 0.3) is 5.69 Å². The van der Waals surface area contributed by atoms with Gasteiger partial charge in [0.05, 0.1) is 5.75 Å². The molecule has 3 rings (SSSR count). The van der Waals surface area contributed by atoms with Crippen LogP contribution < -0.4 is 16.6 Å². The van der Waals surface area contributed by atoms with Crippen molar-refractivity contribution in [3.63, 3.8) is 0 Å². The Kier molecular flexibility index (Phi) is 5.10. The highest BCUT2D eigenvalue weighted by Gasteiger charge is 2.13. The molecule has 128 valence electrons. The third kappa shape index (κ3) is 4.22. The zero-order valence-electron chi connectivity index (χ0n) is 13.2. The lowest BCUT2D eigenvalue weighted by molar-refractivity contribution is -0.113. The van der Waals surface area contributed by atoms with Gasteiger partial charge in [-0.2, -0.15) is 4.98 Å². The van der Waals surface area contributed by atoms with Gasteiger partial charge in [-0.3, -0.25) is 19.5 Å². The standard InChI is InChI=1S/C15H14N6O2S2/c1-9-19-20-14(25-9)17-13(23)8-24-15-18-12(22)7-11(16)21(15)10-5-3-2-4-6-10/h2-7H,8,16H2,1H3,(H,17,20,23). The highest BCUT2D eigenvalue weighted by atomic mass is 32.2. The number of thioether (sulfide) groups is 1. The Morgan fingerprint density at radius 3 is 2.76 bits per heavy atom. The largest absolute Gasteiger partial charge is 0.385 e. The van der Waals surface area contributed by atoms with E-state index in [1.807, 2.05) is 30.3 Å². The van der Waals surface area contributed by atoms with Gasteiger partial charge < -0.3 is 5.73 Å². The Labute approximate surface area is 151 Å². The SMILES string of the molecule is Cc1nnc(NC(=O)CSc2nc(=O)cc(N)n2-c2ccccc2)s1. The molecule has 0 atom stereocenters. The van der Waals surface area contributed by atoms with Gasteiger partial charge in [0.2, 0.25) is 11.0 Å². The van der Waals surface area contributed by atoms with Crippen LogP contribution in [0.3, 0.4) is 0 Å². The van der Waals surface area contributed by atoms with E-state index in [9.17, 15) is 9.59 Å². The fourth-order valence-corrected chi connectivity index (χ4v) is 3.48. The average Bonchev–Trinajstić information content (AvgIpc) is 2.98. The van der Waals surface area contributed by atoms with E-state index < -0.39 is 5.56 Å². The van der Waals surface area contributed by atoms with Crippen molar-refractivity contribution in [2.75, 3.05) is 16.8 Å². The molecule has 1 aromatic carbocycles. The maximum atomic E-state index is 12.1. The van der Waals surface area contributed by atoms with E-state index in [0.717, 1.165) is 22.5 Å². The Morgan fingerprint density at radius 1 is 1.32 bits per heavy atom. The molecule has 8 nitrogen and oxygen atoms in total. The number of para-hydroxylation sites is 1. The van der Waals surface area contributed by atoms with E-state index in [-0.39, 0.29) is 17.5 Å². The zero-order valence-corrected chi connectivity index (χ0v) is 14.8. The van der Waals surface area contributed by atoms with Crippen LogP contribution in [0.2, 0.25) is 0 Å². The lowest BCUT2D eigenvalue weighted by atomic mass is 10.3. The van der Waals surface area contributed by atoms with Crippen molar-refractivity contribution in [1.29, 1.82) is 0 Å². The molecular formula is C15H14N6O2S2. The average molecular weight is 374 g/mol. The van der Waals surface area contributed by atoms with Crippen molar-refractivity contribution in [2.24, 2.45) is 0 Å². The molecule has 0 aliphatic heterocycles. The summed E-state index contributed by atoms with van der Waals surface area (Å²) in [7, 11) is 0. The first-order valence-electron chi connectivity index (χ1n) is 7.20. The van der Waals surface area contributed by atoms with Crippen molar-refractivity contribution in [3.05, 3.63) is 51.8 Å². The van der Waals surface area contributed by atoms with Gasteiger partial charge >= 0.3 is 0 Å². The first-order chi connectivity index (χ1) is 12.0. The van der Waals surface area contributed by atoms with Gasteiger partial charge in [0.1, 0.15) is 10.8 Å². The van der Waals surface area contributed by atoms with Crippen molar-refractivity contribution in [3.8, 4) is 5.69 Å². The van der Waals surface area contributed by atoms with Crippen LogP contribution in [-0.4, -0.2) is 31.4 Å². The summed E-state index contributed by atoms with van der Waals surface area (Å²) in [6.07, 6.45) is 0. The molecule has 1 amide bonds. The molecule has 0 unspecified atom stereocenters. The molecule has 3 N–H and O–H groups in total. The molecular weight excluding hydrogens is 360 g/mol. The number of rotatable bonds is 5. The van der Waals surface area contributed by atoms with E-state index in [4.69, 9.17) is 5.73 Å². The summed E-state index contributed by atoms with van der Waals surface area (Å²) in [5.41, 5.74) is 6.29. The topological polar surface area (TPSA) is 116 Å². The van der Waals surface area contributed by atoms with Gasteiger partial charge in [-0.1, -0.05) is 41.3 Å². The van der Waals surface area contributed by atoms with Crippen LogP contribution in [0.4, 0.5) is 10.9 Å². The lowest BCUT2D eigenvalue weighted by Gasteiger charge is -2.14. The summed E-state index contributed by atoms with van der Waals surface area (Å²) in [5, 5.41) is 11.9. The second-order valence-corrected chi connectivity index (χ2v) is 7.06. The monoisotopic (exact) mass is 374 g/mol. The number of nitrogens with one attached hydrogen (secondary N) is 1. The Balaban J connectivity index is 1.80. The third-order valence-electron chi connectivity index (χ3n) is 3.05. The summed E-state index contributed by atoms with van der Waals surface area (Å²) in [5.74, 6) is 0.0488. The first-order valence-corrected chi connectivity index (χ1v) is 9.01. The number of hydrogen-bond donors (Lipinski definition) is 2. The molecule has 10 heteroatoms. The maximum absolute atomic E-state index is 12.1. The highest BCUT2D eigenvalue weighted by Crippen LogP contribution is 2.22. The van der Waals surface area contributed by atoms with Gasteiger partial charge in [-0.25, -0.2) is 0 Å². The smallest absolute Gasteiger partial charge is 0.275 e. The fraction of sp³-hybridized carbons (Fsp3) is 0.133. The molecule has 0 fully saturated rings. The number of nitrogens with zero attached hydrogens (tertiary/aromatic N) is 4. The van der Waals surface area contributed by atoms with E-state index >= 15 is 0 Å². The molecule has 0 aliphatic carbocycles. The molecule has 2 aromatic heterocycles. The van der Waals surface area contributed by atoms with Crippen LogP contribution in [0, 0.1) is 6.92 Å². The van der Waals surface area contributed by atoms with Crippen molar-refractivity contribution in [2.45, 2.75) is 12.1 Å². The minimum atomic E-state index is -0.452. The van der Waals surface area contributed by atoms with Crippen molar-refractivity contribution >= 4 is 40.0 Å². The number of nitrogen functional groups attached to an aromatic ring is 1. The number of benzene rings is 1. The number of carbonyl (C=O) groups is 1. The molecule has 0 saturated heterocycles. The normalized spacial score (nSPS) is 10.6. The van der Waals surface area contributed by atoms with Crippen LogP contribution >= 0.6 is 23.1 Å². The molecule has 2 heterocycles. The summed E-state index contributed by atoms with van der Waals surface area (Å²) < 4.78 is 1.63. The number of aromatic nitrogens is 4. The summed E-state index contributed by atoms with van der Waals surface area (Å²) in [6.45, 7) is 1.80. The third-order valence-corrected chi connectivity index (χ3v) is 4.74. The van der Waals surface area contributed by atoms with Gasteiger partial charge in [-0.15, -0.1) is 10.2 Å². The Hall–Kier alpha value is -2.72. The summed E-state index contributed by atoms with van der Waals surface area (Å²) in [4.78, 5) is 27.7. The van der Waals surface area contributed by atoms with Crippen LogP contribution in [0.1, 0.15) is 5.01 Å². The van der Waals surface area contributed by atoms with Gasteiger partial charge in [0.25, 0.3) is 5.56 Å². The maximum Gasteiger partial charge on any atom is 0.275 e. The molecule has 0 aliphatic rings. The number of amides is 1. The minimum absolute atomic E-state index is 0.0569.